The molecular weight excluding hydrogens is 583 g/mol. The maximum Gasteiger partial charge on any atom is 0.164 e. The van der Waals surface area contributed by atoms with Gasteiger partial charge >= 0.3 is 0 Å². The van der Waals surface area contributed by atoms with Gasteiger partial charge in [0.25, 0.3) is 0 Å². The van der Waals surface area contributed by atoms with Crippen LogP contribution >= 0.6 is 0 Å². The Balaban J connectivity index is 1.05. The highest BCUT2D eigenvalue weighted by Gasteiger charge is 2.43. The van der Waals surface area contributed by atoms with E-state index in [1.165, 1.54) is 65.5 Å². The molecule has 0 N–H and O–H groups in total. The van der Waals surface area contributed by atoms with Gasteiger partial charge in [-0.05, 0) is 69.5 Å². The molecule has 1 saturated carbocycles. The smallest absolute Gasteiger partial charge is 0.164 e. The number of hydrogen-bond donors (Lipinski definition) is 0. The van der Waals surface area contributed by atoms with Crippen molar-refractivity contribution in [3.8, 4) is 67.5 Å². The van der Waals surface area contributed by atoms with Crippen LogP contribution in [-0.4, -0.2) is 15.0 Å². The molecule has 2 aliphatic rings. The minimum absolute atomic E-state index is 0.194. The lowest BCUT2D eigenvalue weighted by Crippen LogP contribution is -2.27. The van der Waals surface area contributed by atoms with E-state index in [-0.39, 0.29) is 5.41 Å². The summed E-state index contributed by atoms with van der Waals surface area (Å²) in [5.41, 5.74) is 13.8. The van der Waals surface area contributed by atoms with Gasteiger partial charge in [-0.1, -0.05) is 159 Å². The Hall–Kier alpha value is -5.67. The van der Waals surface area contributed by atoms with Crippen LogP contribution in [0.4, 0.5) is 0 Å². The molecule has 1 fully saturated rings. The molecule has 6 aromatic carbocycles. The highest BCUT2D eigenvalue weighted by atomic mass is 15.0. The van der Waals surface area contributed by atoms with Crippen molar-refractivity contribution < 1.29 is 0 Å². The van der Waals surface area contributed by atoms with Gasteiger partial charge in [0.15, 0.2) is 17.5 Å². The molecule has 0 atom stereocenters. The highest BCUT2D eigenvalue weighted by molar-refractivity contribution is 5.85. The molecule has 0 bridgehead atoms. The van der Waals surface area contributed by atoms with Gasteiger partial charge in [-0.2, -0.15) is 0 Å². The molecule has 3 nitrogen and oxygen atoms in total. The molecule has 1 heterocycles. The largest absolute Gasteiger partial charge is 0.208 e. The number of nitrogens with zero attached hydrogens (tertiary/aromatic N) is 3. The van der Waals surface area contributed by atoms with Gasteiger partial charge in [0.1, 0.15) is 0 Å². The molecule has 1 spiro atoms. The summed E-state index contributed by atoms with van der Waals surface area (Å²) in [6.45, 7) is 0. The zero-order chi connectivity index (χ0) is 31.9. The van der Waals surface area contributed by atoms with Crippen molar-refractivity contribution in [2.45, 2.75) is 37.5 Å². The van der Waals surface area contributed by atoms with Crippen LogP contribution in [0.5, 0.6) is 0 Å². The van der Waals surface area contributed by atoms with Crippen molar-refractivity contribution in [3.05, 3.63) is 163 Å². The Morgan fingerprint density at radius 2 is 0.812 bits per heavy atom. The quantitative estimate of drug-likeness (QED) is 0.193. The van der Waals surface area contributed by atoms with Gasteiger partial charge in [0, 0.05) is 22.1 Å². The van der Waals surface area contributed by atoms with Gasteiger partial charge in [0.05, 0.1) is 0 Å². The second-order valence-corrected chi connectivity index (χ2v) is 13.1. The fourth-order valence-electron chi connectivity index (χ4n) is 7.97. The summed E-state index contributed by atoms with van der Waals surface area (Å²) in [4.78, 5) is 14.7. The molecule has 0 saturated heterocycles. The summed E-state index contributed by atoms with van der Waals surface area (Å²) in [7, 11) is 0. The predicted molar refractivity (Wildman–Crippen MR) is 196 cm³/mol. The van der Waals surface area contributed by atoms with Crippen LogP contribution in [0.2, 0.25) is 0 Å². The minimum atomic E-state index is 0.194. The normalized spacial score (nSPS) is 14.4. The summed E-state index contributed by atoms with van der Waals surface area (Å²) in [6.07, 6.45) is 6.50. The van der Waals surface area contributed by atoms with Gasteiger partial charge < -0.3 is 0 Å². The fourth-order valence-corrected chi connectivity index (χ4v) is 7.97. The second-order valence-electron chi connectivity index (χ2n) is 13.1. The van der Waals surface area contributed by atoms with Gasteiger partial charge in [-0.15, -0.1) is 0 Å². The SMILES string of the molecule is c1ccc(-c2nc(-c3ccccc3)nc(-c3cccc(-c4ccc(-c5ccc6c(c5)-c5ccccc5C65CCCCC5)cc4)c3)n2)cc1. The maximum atomic E-state index is 4.94. The topological polar surface area (TPSA) is 38.7 Å². The molecule has 1 aromatic heterocycles. The number of benzene rings is 6. The summed E-state index contributed by atoms with van der Waals surface area (Å²) >= 11 is 0. The van der Waals surface area contributed by atoms with Crippen LogP contribution in [0, 0.1) is 0 Å². The van der Waals surface area contributed by atoms with E-state index in [0.29, 0.717) is 17.5 Å². The van der Waals surface area contributed by atoms with Crippen molar-refractivity contribution in [2.75, 3.05) is 0 Å². The molecular formula is C45H35N3. The lowest BCUT2D eigenvalue weighted by atomic mass is 9.68. The van der Waals surface area contributed by atoms with E-state index in [1.807, 2.05) is 60.7 Å². The average molecular weight is 618 g/mol. The summed E-state index contributed by atoms with van der Waals surface area (Å²) in [5.74, 6) is 2.00. The maximum absolute atomic E-state index is 4.94. The van der Waals surface area contributed by atoms with E-state index in [0.717, 1.165) is 27.8 Å². The van der Waals surface area contributed by atoms with E-state index in [4.69, 9.17) is 15.0 Å². The first-order valence-electron chi connectivity index (χ1n) is 17.1. The Morgan fingerprint density at radius 1 is 0.333 bits per heavy atom. The number of hydrogen-bond acceptors (Lipinski definition) is 3. The fraction of sp³-hybridized carbons (Fsp3) is 0.133. The summed E-state index contributed by atoms with van der Waals surface area (Å²) < 4.78 is 0. The molecule has 2 aliphatic carbocycles. The molecule has 9 rings (SSSR count). The van der Waals surface area contributed by atoms with Crippen molar-refractivity contribution >= 4 is 0 Å². The zero-order valence-corrected chi connectivity index (χ0v) is 26.8. The molecule has 48 heavy (non-hydrogen) atoms. The lowest BCUT2D eigenvalue weighted by molar-refractivity contribution is 0.353. The first-order valence-corrected chi connectivity index (χ1v) is 17.1. The van der Waals surface area contributed by atoms with Crippen molar-refractivity contribution in [3.63, 3.8) is 0 Å². The standard InChI is InChI=1S/C45H35N3/c1-4-13-33(14-5-1)42-46-43(34-15-6-2-7-16-34)48-44(47-42)37-18-12-17-35(29-37)31-21-23-32(24-22-31)36-25-26-41-39(30-36)38-19-8-9-20-40(38)45(41)27-10-3-11-28-45/h1-2,4-9,12-26,29-30H,3,10-11,27-28H2. The second kappa shape index (κ2) is 11.8. The molecule has 0 amide bonds. The first-order chi connectivity index (χ1) is 23.7. The minimum Gasteiger partial charge on any atom is -0.208 e. The summed E-state index contributed by atoms with van der Waals surface area (Å²) in [5, 5.41) is 0. The Bertz CT molecular complexity index is 2190. The molecule has 0 radical (unpaired) electrons. The Labute approximate surface area is 282 Å². The highest BCUT2D eigenvalue weighted by Crippen LogP contribution is 2.56. The van der Waals surface area contributed by atoms with Gasteiger partial charge in [0.2, 0.25) is 0 Å². The predicted octanol–water partition coefficient (Wildman–Crippen LogP) is 11.4. The van der Waals surface area contributed by atoms with E-state index in [2.05, 4.69) is 91.0 Å². The molecule has 230 valence electrons. The number of fused-ring (bicyclic) bond motifs is 5. The van der Waals surface area contributed by atoms with Crippen molar-refractivity contribution in [1.82, 2.24) is 15.0 Å². The molecule has 0 aliphatic heterocycles. The summed E-state index contributed by atoms with van der Waals surface area (Å²) in [6, 6.07) is 54.1. The van der Waals surface area contributed by atoms with Crippen LogP contribution in [0.25, 0.3) is 67.5 Å². The first kappa shape index (κ1) is 28.5. The third kappa shape index (κ3) is 4.94. The van der Waals surface area contributed by atoms with Crippen molar-refractivity contribution in [2.24, 2.45) is 0 Å². The third-order valence-corrected chi connectivity index (χ3v) is 10.3. The molecule has 7 aromatic rings. The molecule has 0 unspecified atom stereocenters. The van der Waals surface area contributed by atoms with Crippen LogP contribution < -0.4 is 0 Å². The number of aromatic nitrogens is 3. The van der Waals surface area contributed by atoms with Crippen LogP contribution in [0.3, 0.4) is 0 Å². The Kier molecular flexibility index (Phi) is 7.04. The van der Waals surface area contributed by atoms with Gasteiger partial charge in [-0.3, -0.25) is 0 Å². The van der Waals surface area contributed by atoms with Crippen LogP contribution in [-0.2, 0) is 5.41 Å². The van der Waals surface area contributed by atoms with Crippen molar-refractivity contribution in [1.29, 1.82) is 0 Å². The monoisotopic (exact) mass is 617 g/mol. The Morgan fingerprint density at radius 3 is 1.46 bits per heavy atom. The van der Waals surface area contributed by atoms with E-state index in [9.17, 15) is 0 Å². The van der Waals surface area contributed by atoms with E-state index < -0.39 is 0 Å². The van der Waals surface area contributed by atoms with E-state index in [1.54, 1.807) is 0 Å². The van der Waals surface area contributed by atoms with E-state index >= 15 is 0 Å². The molecule has 3 heteroatoms. The van der Waals surface area contributed by atoms with Crippen LogP contribution in [0.15, 0.2) is 152 Å². The third-order valence-electron chi connectivity index (χ3n) is 10.3. The van der Waals surface area contributed by atoms with Crippen LogP contribution in [0.1, 0.15) is 43.2 Å². The lowest BCUT2D eigenvalue weighted by Gasteiger charge is -2.36. The number of rotatable bonds is 5. The zero-order valence-electron chi connectivity index (χ0n) is 26.8. The van der Waals surface area contributed by atoms with Gasteiger partial charge in [-0.25, -0.2) is 15.0 Å². The average Bonchev–Trinajstić information content (AvgIpc) is 3.43.